The van der Waals surface area contributed by atoms with E-state index in [0.717, 1.165) is 25.7 Å². The molecule has 5 heteroatoms. The van der Waals surface area contributed by atoms with E-state index in [9.17, 15) is 9.59 Å². The van der Waals surface area contributed by atoms with Crippen LogP contribution in [0.15, 0.2) is 0 Å². The maximum Gasteiger partial charge on any atom is 0.248 e. The van der Waals surface area contributed by atoms with Gasteiger partial charge in [-0.05, 0) is 51.9 Å². The molecule has 124 valence electrons. The predicted molar refractivity (Wildman–Crippen MR) is 94.2 cm³/mol. The highest BCUT2D eigenvalue weighted by Gasteiger charge is 2.45. The second kappa shape index (κ2) is 8.39. The first-order chi connectivity index (χ1) is 9.57. The van der Waals surface area contributed by atoms with Crippen molar-refractivity contribution in [3.63, 3.8) is 0 Å². The Morgan fingerprint density at radius 3 is 1.14 bits per heavy atom. The first-order valence-corrected chi connectivity index (χ1v) is 14.2. The minimum absolute atomic E-state index is 0.0831. The van der Waals surface area contributed by atoms with Crippen molar-refractivity contribution in [3.8, 4) is 0 Å². The van der Waals surface area contributed by atoms with Crippen molar-refractivity contribution in [2.45, 2.75) is 79.6 Å². The summed E-state index contributed by atoms with van der Waals surface area (Å²) in [5.41, 5.74) is 0. The van der Waals surface area contributed by atoms with Gasteiger partial charge in [-0.2, -0.15) is 0 Å². The van der Waals surface area contributed by atoms with Crippen LogP contribution < -0.4 is 0 Å². The normalized spacial score (nSPS) is 13.0. The van der Waals surface area contributed by atoms with Gasteiger partial charge < -0.3 is 13.7 Å². The van der Waals surface area contributed by atoms with Crippen LogP contribution in [0.2, 0.25) is 26.2 Å². The van der Waals surface area contributed by atoms with Crippen molar-refractivity contribution in [1.82, 2.24) is 0 Å². The van der Waals surface area contributed by atoms with Crippen molar-refractivity contribution in [1.29, 1.82) is 0 Å². The molecule has 0 bridgehead atoms. The second-order valence-corrected chi connectivity index (χ2v) is 14.7. The van der Waals surface area contributed by atoms with Gasteiger partial charge in [0.15, 0.2) is 0 Å². The molecule has 0 spiro atoms. The van der Waals surface area contributed by atoms with Gasteiger partial charge in [0.25, 0.3) is 0 Å². The molecule has 0 aliphatic heterocycles. The average molecular weight is 331 g/mol. The molecule has 0 amide bonds. The summed E-state index contributed by atoms with van der Waals surface area (Å²) in [5, 5.41) is 0.538. The van der Waals surface area contributed by atoms with Crippen molar-refractivity contribution >= 4 is 27.4 Å². The Labute approximate surface area is 133 Å². The first kappa shape index (κ1) is 20.7. The van der Waals surface area contributed by atoms with Crippen LogP contribution in [0.1, 0.15) is 53.4 Å². The van der Waals surface area contributed by atoms with E-state index in [-0.39, 0.29) is 22.6 Å². The van der Waals surface area contributed by atoms with Gasteiger partial charge in [-0.25, -0.2) is 0 Å². The third-order valence-corrected chi connectivity index (χ3v) is 11.7. The van der Waals surface area contributed by atoms with Crippen molar-refractivity contribution < 1.29 is 13.7 Å². The summed E-state index contributed by atoms with van der Waals surface area (Å²) in [6.45, 7) is 16.0. The van der Waals surface area contributed by atoms with E-state index in [1.165, 1.54) is 0 Å². The van der Waals surface area contributed by atoms with Gasteiger partial charge in [0.05, 0.1) is 0 Å². The first-order valence-electron chi connectivity index (χ1n) is 8.36. The second-order valence-electron chi connectivity index (χ2n) is 6.88. The van der Waals surface area contributed by atoms with Crippen LogP contribution in [-0.4, -0.2) is 27.4 Å². The summed E-state index contributed by atoms with van der Waals surface area (Å²) in [5.74, 6) is 0.166. The van der Waals surface area contributed by atoms with Crippen LogP contribution in [0.4, 0.5) is 0 Å². The molecular weight excluding hydrogens is 296 g/mol. The number of hydrogen-bond donors (Lipinski definition) is 0. The zero-order chi connectivity index (χ0) is 16.8. The molecule has 3 nitrogen and oxygen atoms in total. The lowest BCUT2D eigenvalue weighted by Gasteiger charge is -2.35. The lowest BCUT2D eigenvalue weighted by atomic mass is 10.1. The Morgan fingerprint density at radius 1 is 0.714 bits per heavy atom. The van der Waals surface area contributed by atoms with Gasteiger partial charge >= 0.3 is 0 Å². The molecule has 0 heterocycles. The molecule has 21 heavy (non-hydrogen) atoms. The summed E-state index contributed by atoms with van der Waals surface area (Å²) in [4.78, 5) is 25.4. The van der Waals surface area contributed by atoms with Crippen LogP contribution in [-0.2, 0) is 13.7 Å². The molecule has 0 aromatic heterocycles. The van der Waals surface area contributed by atoms with E-state index in [0.29, 0.717) is 0 Å². The molecule has 0 N–H and O–H groups in total. The smallest absolute Gasteiger partial charge is 0.248 e. The fraction of sp³-hybridized carbons (Fsp3) is 0.875. The summed E-state index contributed by atoms with van der Waals surface area (Å²) in [6.07, 6.45) is 3.43. The summed E-state index contributed by atoms with van der Waals surface area (Å²) >= 11 is 0. The molecule has 0 unspecified atom stereocenters. The fourth-order valence-electron chi connectivity index (χ4n) is 3.04. The maximum atomic E-state index is 12.7. The SMILES string of the molecule is CCC(CC)C(=O)[Si](C)(C)O[Si](C)(C)C(=O)C(CC)CC. The zero-order valence-electron chi connectivity index (χ0n) is 15.2. The highest BCUT2D eigenvalue weighted by atomic mass is 28.4. The summed E-state index contributed by atoms with van der Waals surface area (Å²) < 4.78 is 6.30. The van der Waals surface area contributed by atoms with Crippen LogP contribution in [0.3, 0.4) is 0 Å². The van der Waals surface area contributed by atoms with E-state index in [1.807, 2.05) is 26.2 Å². The van der Waals surface area contributed by atoms with E-state index in [1.54, 1.807) is 0 Å². The Hall–Kier alpha value is -0.266. The minimum Gasteiger partial charge on any atom is -0.445 e. The standard InChI is InChI=1S/C16H34O3Si2/c1-9-13(10-2)15(17)20(5,6)19-21(7,8)16(18)14(11-3)12-4/h13-14H,9-12H2,1-8H3. The highest BCUT2D eigenvalue weighted by Crippen LogP contribution is 2.25. The van der Waals surface area contributed by atoms with Crippen molar-refractivity contribution in [2.75, 3.05) is 0 Å². The minimum atomic E-state index is -2.48. The number of carbonyl (C=O) groups is 2. The molecule has 0 aromatic rings. The number of rotatable bonds is 10. The zero-order valence-corrected chi connectivity index (χ0v) is 17.2. The third kappa shape index (κ3) is 5.45. The summed E-state index contributed by atoms with van der Waals surface area (Å²) in [7, 11) is -4.96. The molecule has 0 saturated heterocycles. The topological polar surface area (TPSA) is 43.4 Å². The van der Waals surface area contributed by atoms with Crippen molar-refractivity contribution in [2.24, 2.45) is 11.8 Å². The average Bonchev–Trinajstić information content (AvgIpc) is 2.40. The molecular formula is C16H34O3Si2. The molecule has 0 aliphatic carbocycles. The van der Waals surface area contributed by atoms with Crippen LogP contribution in [0.5, 0.6) is 0 Å². The van der Waals surface area contributed by atoms with Gasteiger partial charge in [0, 0.05) is 11.8 Å². The Kier molecular flexibility index (Phi) is 8.28. The molecule has 0 aromatic carbocycles. The van der Waals surface area contributed by atoms with Crippen LogP contribution >= 0.6 is 0 Å². The third-order valence-electron chi connectivity index (χ3n) is 4.41. The molecule has 0 rings (SSSR count). The van der Waals surface area contributed by atoms with Gasteiger partial charge in [0.1, 0.15) is 10.8 Å². The molecule has 0 atom stereocenters. The lowest BCUT2D eigenvalue weighted by Crippen LogP contribution is -2.57. The van der Waals surface area contributed by atoms with E-state index >= 15 is 0 Å². The maximum absolute atomic E-state index is 12.7. The molecule has 0 radical (unpaired) electrons. The molecule has 0 fully saturated rings. The van der Waals surface area contributed by atoms with Crippen LogP contribution in [0, 0.1) is 11.8 Å². The Balaban J connectivity index is 5.14. The van der Waals surface area contributed by atoms with E-state index in [4.69, 9.17) is 4.12 Å². The van der Waals surface area contributed by atoms with Crippen molar-refractivity contribution in [3.05, 3.63) is 0 Å². The Morgan fingerprint density at radius 2 is 0.952 bits per heavy atom. The Bertz CT molecular complexity index is 323. The lowest BCUT2D eigenvalue weighted by molar-refractivity contribution is -0.117. The van der Waals surface area contributed by atoms with Crippen LogP contribution in [0.25, 0.3) is 0 Å². The van der Waals surface area contributed by atoms with E-state index in [2.05, 4.69) is 27.7 Å². The molecule has 0 aliphatic rings. The largest absolute Gasteiger partial charge is 0.445 e. The fourth-order valence-corrected chi connectivity index (χ4v) is 11.7. The summed E-state index contributed by atoms with van der Waals surface area (Å²) in [6, 6.07) is 0. The number of hydrogen-bond acceptors (Lipinski definition) is 3. The number of carbonyl (C=O) groups excluding carboxylic acids is 2. The quantitative estimate of drug-likeness (QED) is 0.554. The van der Waals surface area contributed by atoms with E-state index < -0.39 is 16.6 Å². The highest BCUT2D eigenvalue weighted by molar-refractivity contribution is 7.11. The molecule has 0 saturated carbocycles. The predicted octanol–water partition coefficient (Wildman–Crippen LogP) is 4.50. The van der Waals surface area contributed by atoms with Gasteiger partial charge in [-0.15, -0.1) is 0 Å². The van der Waals surface area contributed by atoms with Gasteiger partial charge in [-0.3, -0.25) is 0 Å². The monoisotopic (exact) mass is 330 g/mol. The van der Waals surface area contributed by atoms with Gasteiger partial charge in [-0.1, -0.05) is 27.7 Å². The van der Waals surface area contributed by atoms with Gasteiger partial charge in [0.2, 0.25) is 16.6 Å².